The Labute approximate surface area is 197 Å². The van der Waals surface area contributed by atoms with Crippen LogP contribution in [-0.4, -0.2) is 28.0 Å². The molecule has 0 spiro atoms. The third kappa shape index (κ3) is 10.9. The van der Waals surface area contributed by atoms with Crippen molar-refractivity contribution in [2.24, 2.45) is 0 Å². The highest BCUT2D eigenvalue weighted by Crippen LogP contribution is 2.19. The number of rotatable bonds is 14. The number of ether oxygens (including phenoxy) is 2. The van der Waals surface area contributed by atoms with Crippen molar-refractivity contribution < 1.29 is 19.1 Å². The van der Waals surface area contributed by atoms with Gasteiger partial charge in [-0.25, -0.2) is 9.97 Å². The summed E-state index contributed by atoms with van der Waals surface area (Å²) in [5.41, 5.74) is 2.15. The van der Waals surface area contributed by atoms with Gasteiger partial charge in [0.25, 0.3) is 0 Å². The van der Waals surface area contributed by atoms with E-state index in [0.29, 0.717) is 11.6 Å². The molecule has 1 heterocycles. The summed E-state index contributed by atoms with van der Waals surface area (Å²) in [5, 5.41) is 0. The number of aromatic nitrogens is 2. The van der Waals surface area contributed by atoms with Crippen molar-refractivity contribution in [2.75, 3.05) is 0 Å². The standard InChI is InChI=1S/C27H36N2O4/c1-4-5-6-7-8-9-14-26(31)33-25-19-28-27(29-20-25)24-17-15-23(16-18-24)13-11-10-12-21(2)32-22(3)30/h8-9,15-21H,4-7,10-14H2,1-3H3. The Hall–Kier alpha value is -3.02. The van der Waals surface area contributed by atoms with Gasteiger partial charge >= 0.3 is 11.9 Å². The third-order valence-electron chi connectivity index (χ3n) is 5.19. The summed E-state index contributed by atoms with van der Waals surface area (Å²) >= 11 is 0. The molecular weight excluding hydrogens is 416 g/mol. The minimum absolute atomic E-state index is 0.0312. The fourth-order valence-electron chi connectivity index (χ4n) is 3.42. The van der Waals surface area contributed by atoms with E-state index in [9.17, 15) is 9.59 Å². The SMILES string of the molecule is CCCCCC=CCC(=O)Oc1cnc(-c2ccc(CCCCC(C)OC(C)=O)cc2)nc1. The molecule has 0 radical (unpaired) electrons. The van der Waals surface area contributed by atoms with Gasteiger partial charge in [0.15, 0.2) is 11.6 Å². The zero-order chi connectivity index (χ0) is 23.9. The number of carbonyl (C=O) groups is 2. The van der Waals surface area contributed by atoms with E-state index >= 15 is 0 Å². The maximum Gasteiger partial charge on any atom is 0.315 e. The molecule has 1 atom stereocenters. The van der Waals surface area contributed by atoms with Crippen LogP contribution in [0.15, 0.2) is 48.8 Å². The molecule has 1 unspecified atom stereocenters. The highest BCUT2D eigenvalue weighted by atomic mass is 16.5. The molecule has 1 aromatic carbocycles. The quantitative estimate of drug-likeness (QED) is 0.192. The maximum absolute atomic E-state index is 11.9. The third-order valence-corrected chi connectivity index (χ3v) is 5.19. The summed E-state index contributed by atoms with van der Waals surface area (Å²) < 4.78 is 10.4. The van der Waals surface area contributed by atoms with Gasteiger partial charge in [-0.15, -0.1) is 0 Å². The smallest absolute Gasteiger partial charge is 0.315 e. The highest BCUT2D eigenvalue weighted by Gasteiger charge is 2.07. The van der Waals surface area contributed by atoms with E-state index in [1.54, 1.807) is 0 Å². The molecular formula is C27H36N2O4. The molecule has 6 heteroatoms. The Kier molecular flexibility index (Phi) is 11.9. The minimum atomic E-state index is -0.315. The minimum Gasteiger partial charge on any atom is -0.463 e. The average molecular weight is 453 g/mol. The van der Waals surface area contributed by atoms with Crippen molar-refractivity contribution in [1.82, 2.24) is 9.97 Å². The number of hydrogen-bond acceptors (Lipinski definition) is 6. The van der Waals surface area contributed by atoms with Gasteiger partial charge < -0.3 is 9.47 Å². The molecule has 0 aliphatic rings. The van der Waals surface area contributed by atoms with Gasteiger partial charge in [0.2, 0.25) is 0 Å². The van der Waals surface area contributed by atoms with Crippen LogP contribution < -0.4 is 4.74 Å². The predicted molar refractivity (Wildman–Crippen MR) is 130 cm³/mol. The van der Waals surface area contributed by atoms with Crippen molar-refractivity contribution in [2.45, 2.75) is 84.7 Å². The van der Waals surface area contributed by atoms with E-state index in [1.165, 1.54) is 37.7 Å². The molecule has 2 aromatic rings. The first kappa shape index (κ1) is 26.2. The van der Waals surface area contributed by atoms with Crippen LogP contribution in [-0.2, 0) is 20.7 Å². The number of esters is 2. The molecule has 1 aromatic heterocycles. The molecule has 0 saturated heterocycles. The predicted octanol–water partition coefficient (Wildman–Crippen LogP) is 6.24. The summed E-state index contributed by atoms with van der Waals surface area (Å²) in [4.78, 5) is 31.5. The molecule has 0 amide bonds. The molecule has 0 fully saturated rings. The van der Waals surface area contributed by atoms with Gasteiger partial charge in [-0.2, -0.15) is 0 Å². The first-order valence-electron chi connectivity index (χ1n) is 11.9. The van der Waals surface area contributed by atoms with E-state index in [0.717, 1.165) is 44.1 Å². The monoisotopic (exact) mass is 452 g/mol. The van der Waals surface area contributed by atoms with E-state index in [4.69, 9.17) is 9.47 Å². The number of nitrogens with zero attached hydrogens (tertiary/aromatic N) is 2. The van der Waals surface area contributed by atoms with Crippen LogP contribution in [0, 0.1) is 0 Å². The van der Waals surface area contributed by atoms with Crippen LogP contribution in [0.2, 0.25) is 0 Å². The Morgan fingerprint density at radius 3 is 2.39 bits per heavy atom. The average Bonchev–Trinajstić information content (AvgIpc) is 2.79. The lowest BCUT2D eigenvalue weighted by atomic mass is 10.0. The Balaban J connectivity index is 1.75. The van der Waals surface area contributed by atoms with E-state index in [-0.39, 0.29) is 24.5 Å². The molecule has 0 aliphatic heterocycles. The Morgan fingerprint density at radius 2 is 1.73 bits per heavy atom. The van der Waals surface area contributed by atoms with Crippen LogP contribution in [0.5, 0.6) is 5.75 Å². The second-order valence-corrected chi connectivity index (χ2v) is 8.25. The number of hydrogen-bond donors (Lipinski definition) is 0. The van der Waals surface area contributed by atoms with Crippen LogP contribution in [0.1, 0.15) is 77.7 Å². The van der Waals surface area contributed by atoms with Gasteiger partial charge in [0.1, 0.15) is 0 Å². The lowest BCUT2D eigenvalue weighted by Gasteiger charge is -2.11. The summed E-state index contributed by atoms with van der Waals surface area (Å²) in [7, 11) is 0. The maximum atomic E-state index is 11.9. The summed E-state index contributed by atoms with van der Waals surface area (Å²) in [5.74, 6) is 0.400. The first-order valence-corrected chi connectivity index (χ1v) is 11.9. The zero-order valence-electron chi connectivity index (χ0n) is 20.1. The summed E-state index contributed by atoms with van der Waals surface area (Å²) in [6, 6.07) is 8.16. The Morgan fingerprint density at radius 1 is 1.00 bits per heavy atom. The van der Waals surface area contributed by atoms with Crippen LogP contribution in [0.3, 0.4) is 0 Å². The van der Waals surface area contributed by atoms with Gasteiger partial charge in [0, 0.05) is 12.5 Å². The number of allylic oxidation sites excluding steroid dienone is 1. The van der Waals surface area contributed by atoms with Gasteiger partial charge in [-0.3, -0.25) is 9.59 Å². The summed E-state index contributed by atoms with van der Waals surface area (Å²) in [6.45, 7) is 5.54. The van der Waals surface area contributed by atoms with Gasteiger partial charge in [-0.05, 0) is 51.0 Å². The number of carbonyl (C=O) groups excluding carboxylic acids is 2. The fourth-order valence-corrected chi connectivity index (χ4v) is 3.42. The van der Waals surface area contributed by atoms with Crippen molar-refractivity contribution in [3.8, 4) is 17.1 Å². The lowest BCUT2D eigenvalue weighted by Crippen LogP contribution is -2.11. The zero-order valence-corrected chi connectivity index (χ0v) is 20.1. The number of aryl methyl sites for hydroxylation is 1. The second kappa shape index (κ2) is 14.9. The molecule has 6 nitrogen and oxygen atoms in total. The van der Waals surface area contributed by atoms with Gasteiger partial charge in [0.05, 0.1) is 24.9 Å². The largest absolute Gasteiger partial charge is 0.463 e. The molecule has 178 valence electrons. The van der Waals surface area contributed by atoms with E-state index in [1.807, 2.05) is 31.2 Å². The van der Waals surface area contributed by atoms with Crippen molar-refractivity contribution in [1.29, 1.82) is 0 Å². The molecule has 0 N–H and O–H groups in total. The van der Waals surface area contributed by atoms with Crippen LogP contribution >= 0.6 is 0 Å². The normalized spacial score (nSPS) is 12.0. The number of benzene rings is 1. The lowest BCUT2D eigenvalue weighted by molar-refractivity contribution is -0.145. The molecule has 2 rings (SSSR count). The molecule has 0 aliphatic carbocycles. The van der Waals surface area contributed by atoms with Crippen molar-refractivity contribution in [3.05, 3.63) is 54.4 Å². The van der Waals surface area contributed by atoms with Crippen LogP contribution in [0.25, 0.3) is 11.4 Å². The molecule has 0 bridgehead atoms. The van der Waals surface area contributed by atoms with Crippen LogP contribution in [0.4, 0.5) is 0 Å². The van der Waals surface area contributed by atoms with Crippen molar-refractivity contribution >= 4 is 11.9 Å². The topological polar surface area (TPSA) is 78.4 Å². The van der Waals surface area contributed by atoms with E-state index < -0.39 is 0 Å². The Bertz CT molecular complexity index is 876. The molecule has 0 saturated carbocycles. The van der Waals surface area contributed by atoms with Crippen molar-refractivity contribution in [3.63, 3.8) is 0 Å². The van der Waals surface area contributed by atoms with E-state index in [2.05, 4.69) is 29.0 Å². The van der Waals surface area contributed by atoms with Gasteiger partial charge in [-0.1, -0.05) is 56.2 Å². The summed E-state index contributed by atoms with van der Waals surface area (Å²) in [6.07, 6.45) is 15.6. The second-order valence-electron chi connectivity index (χ2n) is 8.25. The fraction of sp³-hybridized carbons (Fsp3) is 0.481. The number of unbranched alkanes of at least 4 members (excludes halogenated alkanes) is 4. The molecule has 33 heavy (non-hydrogen) atoms. The highest BCUT2D eigenvalue weighted by molar-refractivity contribution is 5.73. The first-order chi connectivity index (χ1) is 16.0.